The molecule has 0 aromatic heterocycles. The summed E-state index contributed by atoms with van der Waals surface area (Å²) in [7, 11) is 1.15. The van der Waals surface area contributed by atoms with Gasteiger partial charge in [0.25, 0.3) is 0 Å². The van der Waals surface area contributed by atoms with E-state index in [1.807, 2.05) is 6.07 Å². The molecule has 5 nitrogen and oxygen atoms in total. The Labute approximate surface area is 131 Å². The number of methoxy groups -OCH3 is 1. The molecule has 1 aliphatic rings. The molecule has 0 aliphatic carbocycles. The van der Waals surface area contributed by atoms with Gasteiger partial charge in [-0.2, -0.15) is 5.26 Å². The van der Waals surface area contributed by atoms with Crippen LogP contribution in [0.3, 0.4) is 0 Å². The number of carbonyl (C=O) groups is 2. The van der Waals surface area contributed by atoms with Gasteiger partial charge in [-0.3, -0.25) is 9.59 Å². The van der Waals surface area contributed by atoms with Crippen LogP contribution in [0.15, 0.2) is 34.9 Å². The highest BCUT2D eigenvalue weighted by Crippen LogP contribution is 2.40. The maximum atomic E-state index is 14.2. The highest BCUT2D eigenvalue weighted by molar-refractivity contribution is 8.02. The molecule has 2 rings (SSSR count). The van der Waals surface area contributed by atoms with Gasteiger partial charge in [-0.15, -0.1) is 11.8 Å². The van der Waals surface area contributed by atoms with Gasteiger partial charge < -0.3 is 10.1 Å². The molecule has 1 amide bonds. The Balaban J connectivity index is 2.69. The molecule has 0 bridgehead atoms. The van der Waals surface area contributed by atoms with Gasteiger partial charge in [0.15, 0.2) is 0 Å². The number of rotatable bonds is 3. The van der Waals surface area contributed by atoms with Crippen LogP contribution in [0, 0.1) is 23.1 Å². The van der Waals surface area contributed by atoms with E-state index >= 15 is 0 Å². The van der Waals surface area contributed by atoms with Crippen molar-refractivity contribution in [3.63, 3.8) is 0 Å². The lowest BCUT2D eigenvalue weighted by Crippen LogP contribution is -2.44. The first-order valence-electron chi connectivity index (χ1n) is 6.36. The van der Waals surface area contributed by atoms with E-state index in [1.54, 1.807) is 12.3 Å². The van der Waals surface area contributed by atoms with Crippen LogP contribution >= 0.6 is 11.8 Å². The number of nitrogens with zero attached hydrogens (tertiary/aromatic N) is 1. The van der Waals surface area contributed by atoms with E-state index in [4.69, 9.17) is 0 Å². The van der Waals surface area contributed by atoms with E-state index in [-0.39, 0.29) is 11.1 Å². The minimum absolute atomic E-state index is 0.121. The molecule has 0 saturated carbocycles. The van der Waals surface area contributed by atoms with Gasteiger partial charge in [0, 0.05) is 5.92 Å². The molecule has 0 saturated heterocycles. The van der Waals surface area contributed by atoms with Crippen LogP contribution in [0.4, 0.5) is 4.39 Å². The Morgan fingerprint density at radius 1 is 1.45 bits per heavy atom. The minimum Gasteiger partial charge on any atom is -0.468 e. The lowest BCUT2D eigenvalue weighted by atomic mass is 9.78. The van der Waals surface area contributed by atoms with Gasteiger partial charge in [-0.05, 0) is 17.9 Å². The van der Waals surface area contributed by atoms with Gasteiger partial charge in [0.1, 0.15) is 11.7 Å². The molecule has 1 N–H and O–H groups in total. The molecule has 22 heavy (non-hydrogen) atoms. The van der Waals surface area contributed by atoms with Gasteiger partial charge in [-0.1, -0.05) is 18.2 Å². The average molecular weight is 320 g/mol. The number of thioether (sulfide) groups is 1. The van der Waals surface area contributed by atoms with Crippen LogP contribution in [0.25, 0.3) is 0 Å². The highest BCUT2D eigenvalue weighted by Gasteiger charge is 2.44. The first-order valence-corrected chi connectivity index (χ1v) is 7.59. The summed E-state index contributed by atoms with van der Waals surface area (Å²) in [5, 5.41) is 12.3. The Morgan fingerprint density at radius 2 is 2.14 bits per heavy atom. The standard InChI is InChI=1S/C15H13FN2O3S/c1-21-15(20)12-11(8-5-3-4-6-10(8)16)9(7-17)14(22-2)18-13(12)19/h3-6,11-12H,1-2H3,(H,18,19). The predicted molar refractivity (Wildman–Crippen MR) is 78.9 cm³/mol. The third-order valence-electron chi connectivity index (χ3n) is 3.43. The first kappa shape index (κ1) is 16.0. The number of nitriles is 1. The summed E-state index contributed by atoms with van der Waals surface area (Å²) < 4.78 is 18.8. The molecule has 1 aromatic rings. The van der Waals surface area contributed by atoms with Crippen molar-refractivity contribution in [3.05, 3.63) is 46.2 Å². The second-order valence-electron chi connectivity index (χ2n) is 4.55. The summed E-state index contributed by atoms with van der Waals surface area (Å²) in [6.45, 7) is 0. The Kier molecular flexibility index (Phi) is 4.83. The quantitative estimate of drug-likeness (QED) is 0.680. The van der Waals surface area contributed by atoms with Gasteiger partial charge in [0.05, 0.1) is 23.8 Å². The lowest BCUT2D eigenvalue weighted by molar-refractivity contribution is -0.150. The minimum atomic E-state index is -1.30. The summed E-state index contributed by atoms with van der Waals surface area (Å²) in [6, 6.07) is 7.76. The van der Waals surface area contributed by atoms with E-state index < -0.39 is 29.5 Å². The smallest absolute Gasteiger partial charge is 0.319 e. The van der Waals surface area contributed by atoms with E-state index in [9.17, 15) is 19.2 Å². The fourth-order valence-corrected chi connectivity index (χ4v) is 3.03. The lowest BCUT2D eigenvalue weighted by Gasteiger charge is -2.30. The molecule has 7 heteroatoms. The summed E-state index contributed by atoms with van der Waals surface area (Å²) in [5.41, 5.74) is 0.267. The van der Waals surface area contributed by atoms with Crippen LogP contribution in [-0.2, 0) is 14.3 Å². The van der Waals surface area contributed by atoms with Crippen LogP contribution < -0.4 is 5.32 Å². The number of hydrogen-bond donors (Lipinski definition) is 1. The number of ether oxygens (including phenoxy) is 1. The fourth-order valence-electron chi connectivity index (χ4n) is 2.43. The zero-order valence-corrected chi connectivity index (χ0v) is 12.7. The molecule has 1 aromatic carbocycles. The molecule has 2 unspecified atom stereocenters. The number of nitrogens with one attached hydrogen (secondary N) is 1. The number of allylic oxidation sites excluding steroid dienone is 1. The summed E-state index contributed by atoms with van der Waals surface area (Å²) in [6.07, 6.45) is 1.68. The second-order valence-corrected chi connectivity index (χ2v) is 5.36. The molecular formula is C15H13FN2O3S. The van der Waals surface area contributed by atoms with Gasteiger partial charge in [0.2, 0.25) is 5.91 Å². The molecular weight excluding hydrogens is 307 g/mol. The van der Waals surface area contributed by atoms with Crippen molar-refractivity contribution in [2.24, 2.45) is 5.92 Å². The van der Waals surface area contributed by atoms with E-state index in [2.05, 4.69) is 10.1 Å². The van der Waals surface area contributed by atoms with Crippen LogP contribution in [-0.4, -0.2) is 25.2 Å². The maximum absolute atomic E-state index is 14.2. The van der Waals surface area contributed by atoms with E-state index in [0.717, 1.165) is 18.9 Å². The average Bonchev–Trinajstić information content (AvgIpc) is 2.53. The summed E-state index contributed by atoms with van der Waals surface area (Å²) in [5.74, 6) is -4.30. The van der Waals surface area contributed by atoms with Crippen molar-refractivity contribution < 1.29 is 18.7 Å². The number of amides is 1. The Morgan fingerprint density at radius 3 is 2.68 bits per heavy atom. The summed E-state index contributed by atoms with van der Waals surface area (Å²) >= 11 is 1.16. The maximum Gasteiger partial charge on any atom is 0.319 e. The summed E-state index contributed by atoms with van der Waals surface area (Å²) in [4.78, 5) is 24.2. The van der Waals surface area contributed by atoms with Gasteiger partial charge in [-0.25, -0.2) is 4.39 Å². The van der Waals surface area contributed by atoms with Crippen molar-refractivity contribution in [1.82, 2.24) is 5.32 Å². The number of esters is 1. The van der Waals surface area contributed by atoms with Crippen LogP contribution in [0.2, 0.25) is 0 Å². The third-order valence-corrected chi connectivity index (χ3v) is 4.16. The zero-order valence-electron chi connectivity index (χ0n) is 11.9. The fraction of sp³-hybridized carbons (Fsp3) is 0.267. The van der Waals surface area contributed by atoms with Crippen molar-refractivity contribution >= 4 is 23.6 Å². The topological polar surface area (TPSA) is 79.2 Å². The second kappa shape index (κ2) is 6.62. The molecule has 1 aliphatic heterocycles. The molecule has 0 spiro atoms. The van der Waals surface area contributed by atoms with Crippen molar-refractivity contribution in [2.45, 2.75) is 5.92 Å². The van der Waals surface area contributed by atoms with Crippen molar-refractivity contribution in [2.75, 3.05) is 13.4 Å². The van der Waals surface area contributed by atoms with Crippen LogP contribution in [0.1, 0.15) is 11.5 Å². The molecule has 1 heterocycles. The third kappa shape index (κ3) is 2.70. The molecule has 0 fully saturated rings. The first-order chi connectivity index (χ1) is 10.5. The van der Waals surface area contributed by atoms with Crippen molar-refractivity contribution in [1.29, 1.82) is 5.26 Å². The van der Waals surface area contributed by atoms with Crippen molar-refractivity contribution in [3.8, 4) is 6.07 Å². The highest BCUT2D eigenvalue weighted by atomic mass is 32.2. The van der Waals surface area contributed by atoms with Gasteiger partial charge >= 0.3 is 5.97 Å². The number of benzene rings is 1. The predicted octanol–water partition coefficient (Wildman–Crippen LogP) is 1.93. The Bertz CT molecular complexity index is 696. The largest absolute Gasteiger partial charge is 0.468 e. The number of hydrogen-bond acceptors (Lipinski definition) is 5. The Hall–Kier alpha value is -2.33. The normalized spacial score (nSPS) is 21.1. The number of halogens is 1. The molecule has 114 valence electrons. The molecule has 2 atom stereocenters. The van der Waals surface area contributed by atoms with E-state index in [1.165, 1.54) is 18.2 Å². The van der Waals surface area contributed by atoms with E-state index in [0.29, 0.717) is 5.03 Å². The van der Waals surface area contributed by atoms with Crippen LogP contribution in [0.5, 0.6) is 0 Å². The molecule has 0 radical (unpaired) electrons. The number of carbonyl (C=O) groups excluding carboxylic acids is 2. The monoisotopic (exact) mass is 320 g/mol. The SMILES string of the molecule is COC(=O)C1C(=O)NC(SC)=C(C#N)C1c1ccccc1F. The zero-order chi connectivity index (χ0) is 16.3.